The van der Waals surface area contributed by atoms with E-state index < -0.39 is 17.7 Å². The molecule has 3 aromatic rings. The number of rotatable bonds is 2. The second-order valence-corrected chi connectivity index (χ2v) is 5.73. The van der Waals surface area contributed by atoms with Crippen molar-refractivity contribution in [3.63, 3.8) is 0 Å². The molecule has 7 heteroatoms. The summed E-state index contributed by atoms with van der Waals surface area (Å²) in [6.07, 6.45) is 0. The number of hydrogen-bond acceptors (Lipinski definition) is 3. The predicted molar refractivity (Wildman–Crippen MR) is 83.4 cm³/mol. The number of carbonyl (C=O) groups excluding carboxylic acids is 1. The van der Waals surface area contributed by atoms with Gasteiger partial charge in [-0.25, -0.2) is 18.6 Å². The van der Waals surface area contributed by atoms with Crippen LogP contribution in [0.4, 0.5) is 24.4 Å². The normalized spacial score (nSPS) is 10.7. The molecule has 0 bridgehead atoms. The van der Waals surface area contributed by atoms with Crippen molar-refractivity contribution in [1.82, 2.24) is 4.98 Å². The van der Waals surface area contributed by atoms with Gasteiger partial charge in [-0.15, -0.1) is 0 Å². The first-order valence-electron chi connectivity index (χ1n) is 6.41. The predicted octanol–water partition coefficient (Wildman–Crippen LogP) is 4.53. The summed E-state index contributed by atoms with van der Waals surface area (Å²) in [5.41, 5.74) is 1.74. The Morgan fingerprint density at radius 3 is 2.59 bits per heavy atom. The molecular formula is C15H11F2N3OS. The third-order valence-corrected chi connectivity index (χ3v) is 3.86. The molecule has 0 fully saturated rings. The van der Waals surface area contributed by atoms with Crippen molar-refractivity contribution in [2.24, 2.45) is 0 Å². The molecule has 0 aliphatic rings. The molecule has 0 radical (unpaired) electrons. The van der Waals surface area contributed by atoms with Crippen molar-refractivity contribution in [1.29, 1.82) is 0 Å². The first-order chi connectivity index (χ1) is 10.5. The Morgan fingerprint density at radius 2 is 1.86 bits per heavy atom. The molecule has 0 saturated carbocycles. The number of amides is 2. The van der Waals surface area contributed by atoms with E-state index in [4.69, 9.17) is 0 Å². The third kappa shape index (κ3) is 3.04. The molecule has 4 nitrogen and oxygen atoms in total. The summed E-state index contributed by atoms with van der Waals surface area (Å²) >= 11 is 1.00. The van der Waals surface area contributed by atoms with Crippen LogP contribution in [0.1, 0.15) is 5.56 Å². The molecule has 2 N–H and O–H groups in total. The van der Waals surface area contributed by atoms with Gasteiger partial charge in [0.1, 0.15) is 11.3 Å². The van der Waals surface area contributed by atoms with Crippen LogP contribution < -0.4 is 10.6 Å². The van der Waals surface area contributed by atoms with Crippen molar-refractivity contribution in [2.45, 2.75) is 6.92 Å². The van der Waals surface area contributed by atoms with E-state index in [1.54, 1.807) is 12.1 Å². The maximum absolute atomic E-state index is 13.6. The molecule has 0 aliphatic carbocycles. The smallest absolute Gasteiger partial charge is 0.308 e. The number of carbonyl (C=O) groups is 1. The number of aryl methyl sites for hydroxylation is 1. The van der Waals surface area contributed by atoms with Gasteiger partial charge < -0.3 is 5.32 Å². The zero-order chi connectivity index (χ0) is 15.7. The van der Waals surface area contributed by atoms with Gasteiger partial charge in [-0.3, -0.25) is 5.32 Å². The van der Waals surface area contributed by atoms with E-state index in [0.29, 0.717) is 10.4 Å². The molecule has 3 rings (SSSR count). The van der Waals surface area contributed by atoms with Crippen LogP contribution >= 0.6 is 11.3 Å². The molecule has 1 aromatic heterocycles. The van der Waals surface area contributed by atoms with Crippen molar-refractivity contribution < 1.29 is 13.6 Å². The SMILES string of the molecule is Cc1ccc(NC(=O)Nc2nc3c(F)cc(F)cc3s2)cc1. The topological polar surface area (TPSA) is 54.0 Å². The number of benzene rings is 2. The highest BCUT2D eigenvalue weighted by Crippen LogP contribution is 2.28. The minimum absolute atomic E-state index is 0.0389. The van der Waals surface area contributed by atoms with E-state index in [2.05, 4.69) is 15.6 Å². The summed E-state index contributed by atoms with van der Waals surface area (Å²) < 4.78 is 27.0. The van der Waals surface area contributed by atoms with Crippen LogP contribution in [0.3, 0.4) is 0 Å². The van der Waals surface area contributed by atoms with Gasteiger partial charge in [0.15, 0.2) is 10.9 Å². The highest BCUT2D eigenvalue weighted by Gasteiger charge is 2.12. The summed E-state index contributed by atoms with van der Waals surface area (Å²) in [6.45, 7) is 1.94. The second kappa shape index (κ2) is 5.69. The van der Waals surface area contributed by atoms with Crippen LogP contribution in [-0.2, 0) is 0 Å². The molecule has 22 heavy (non-hydrogen) atoms. The zero-order valence-corrected chi connectivity index (χ0v) is 12.3. The Hall–Kier alpha value is -2.54. The highest BCUT2D eigenvalue weighted by atomic mass is 32.1. The number of hydrogen-bond donors (Lipinski definition) is 2. The number of anilines is 2. The average molecular weight is 319 g/mol. The van der Waals surface area contributed by atoms with E-state index in [-0.39, 0.29) is 10.6 Å². The van der Waals surface area contributed by atoms with E-state index >= 15 is 0 Å². The van der Waals surface area contributed by atoms with Gasteiger partial charge in [-0.05, 0) is 25.1 Å². The third-order valence-electron chi connectivity index (χ3n) is 2.94. The largest absolute Gasteiger partial charge is 0.325 e. The van der Waals surface area contributed by atoms with Crippen LogP contribution in [0.15, 0.2) is 36.4 Å². The molecule has 0 aliphatic heterocycles. The first-order valence-corrected chi connectivity index (χ1v) is 7.23. The van der Waals surface area contributed by atoms with Gasteiger partial charge in [0.05, 0.1) is 4.70 Å². The fourth-order valence-electron chi connectivity index (χ4n) is 1.91. The lowest BCUT2D eigenvalue weighted by molar-refractivity contribution is 0.262. The van der Waals surface area contributed by atoms with Crippen LogP contribution in [0.5, 0.6) is 0 Å². The Morgan fingerprint density at radius 1 is 1.14 bits per heavy atom. The summed E-state index contributed by atoms with van der Waals surface area (Å²) in [5, 5.41) is 5.34. The molecule has 2 amide bonds. The van der Waals surface area contributed by atoms with Crippen LogP contribution in [-0.4, -0.2) is 11.0 Å². The van der Waals surface area contributed by atoms with Gasteiger partial charge in [0.2, 0.25) is 0 Å². The maximum Gasteiger partial charge on any atom is 0.325 e. The highest BCUT2D eigenvalue weighted by molar-refractivity contribution is 7.22. The van der Waals surface area contributed by atoms with Gasteiger partial charge in [0, 0.05) is 11.8 Å². The molecular weight excluding hydrogens is 308 g/mol. The second-order valence-electron chi connectivity index (χ2n) is 4.70. The van der Waals surface area contributed by atoms with Gasteiger partial charge >= 0.3 is 6.03 Å². The Bertz CT molecular complexity index is 846. The Labute approximate surface area is 128 Å². The number of aromatic nitrogens is 1. The zero-order valence-electron chi connectivity index (χ0n) is 11.5. The van der Waals surface area contributed by atoms with Crippen molar-refractivity contribution in [2.75, 3.05) is 10.6 Å². The summed E-state index contributed by atoms with van der Waals surface area (Å²) in [7, 11) is 0. The molecule has 2 aromatic carbocycles. The standard InChI is InChI=1S/C15H11F2N3OS/c1-8-2-4-10(5-3-8)18-14(21)20-15-19-13-11(17)6-9(16)7-12(13)22-15/h2-7H,1H3,(H2,18,19,20,21). The first kappa shape index (κ1) is 14.4. The van der Waals surface area contributed by atoms with Crippen LogP contribution in [0, 0.1) is 18.6 Å². The summed E-state index contributed by atoms with van der Waals surface area (Å²) in [5.74, 6) is -1.43. The summed E-state index contributed by atoms with van der Waals surface area (Å²) in [6, 6.07) is 8.71. The van der Waals surface area contributed by atoms with Crippen molar-refractivity contribution in [3.8, 4) is 0 Å². The van der Waals surface area contributed by atoms with E-state index in [1.807, 2.05) is 19.1 Å². The molecule has 0 unspecified atom stereocenters. The van der Waals surface area contributed by atoms with Crippen LogP contribution in [0.2, 0.25) is 0 Å². The average Bonchev–Trinajstić information content (AvgIpc) is 2.84. The van der Waals surface area contributed by atoms with Crippen molar-refractivity contribution >= 4 is 38.4 Å². The monoisotopic (exact) mass is 319 g/mol. The molecule has 0 spiro atoms. The van der Waals surface area contributed by atoms with Gasteiger partial charge in [-0.1, -0.05) is 29.0 Å². The number of thiazole rings is 1. The Kier molecular flexibility index (Phi) is 3.72. The number of halogens is 2. The molecule has 0 saturated heterocycles. The fourth-order valence-corrected chi connectivity index (χ4v) is 2.81. The number of nitrogens with one attached hydrogen (secondary N) is 2. The minimum atomic E-state index is -0.752. The summed E-state index contributed by atoms with van der Waals surface area (Å²) in [4.78, 5) is 15.8. The lowest BCUT2D eigenvalue weighted by Gasteiger charge is -2.05. The molecule has 0 atom stereocenters. The van der Waals surface area contributed by atoms with E-state index in [1.165, 1.54) is 6.07 Å². The quantitative estimate of drug-likeness (QED) is 0.729. The fraction of sp³-hybridized carbons (Fsp3) is 0.0667. The lowest BCUT2D eigenvalue weighted by atomic mass is 10.2. The molecule has 1 heterocycles. The van der Waals surface area contributed by atoms with Gasteiger partial charge in [0.25, 0.3) is 0 Å². The lowest BCUT2D eigenvalue weighted by Crippen LogP contribution is -2.19. The van der Waals surface area contributed by atoms with Gasteiger partial charge in [-0.2, -0.15) is 0 Å². The number of urea groups is 1. The Balaban J connectivity index is 1.76. The maximum atomic E-state index is 13.6. The number of fused-ring (bicyclic) bond motifs is 1. The minimum Gasteiger partial charge on any atom is -0.308 e. The van der Waals surface area contributed by atoms with Crippen LogP contribution in [0.25, 0.3) is 10.2 Å². The number of nitrogens with zero attached hydrogens (tertiary/aromatic N) is 1. The van der Waals surface area contributed by atoms with E-state index in [0.717, 1.165) is 23.0 Å². The van der Waals surface area contributed by atoms with E-state index in [9.17, 15) is 13.6 Å². The molecule has 112 valence electrons. The van der Waals surface area contributed by atoms with Crippen molar-refractivity contribution in [3.05, 3.63) is 53.6 Å².